The third kappa shape index (κ3) is 2.49. The van der Waals surface area contributed by atoms with E-state index >= 15 is 0 Å². The topological polar surface area (TPSA) is 32.7 Å². The Balaban J connectivity index is 2.34. The molecule has 0 saturated carbocycles. The Morgan fingerprint density at radius 2 is 2.11 bits per heavy atom. The summed E-state index contributed by atoms with van der Waals surface area (Å²) in [5.41, 5.74) is -0.722. The lowest BCUT2D eigenvalue weighted by Gasteiger charge is -2.28. The van der Waals surface area contributed by atoms with E-state index in [4.69, 9.17) is 4.74 Å². The number of hydrogen-bond donors (Lipinski definition) is 1. The Bertz CT molecular complexity index is 424. The van der Waals surface area contributed by atoms with Gasteiger partial charge >= 0.3 is 0 Å². The van der Waals surface area contributed by atoms with Crippen molar-refractivity contribution in [1.29, 1.82) is 0 Å². The van der Waals surface area contributed by atoms with Crippen molar-refractivity contribution >= 4 is 0 Å². The van der Waals surface area contributed by atoms with E-state index < -0.39 is 11.4 Å². The second-order valence-corrected chi connectivity index (χ2v) is 5.01. The molecule has 2 rings (SSSR count). The zero-order valence-electron chi connectivity index (χ0n) is 10.9. The van der Waals surface area contributed by atoms with Crippen molar-refractivity contribution in [3.05, 3.63) is 29.6 Å². The van der Waals surface area contributed by atoms with Gasteiger partial charge in [-0.25, -0.2) is 4.39 Å². The predicted octanol–water partition coefficient (Wildman–Crippen LogP) is 2.14. The molecule has 1 atom stereocenters. The van der Waals surface area contributed by atoms with Gasteiger partial charge in [0.2, 0.25) is 0 Å². The molecule has 100 valence electrons. The van der Waals surface area contributed by atoms with E-state index in [1.165, 1.54) is 7.11 Å². The molecule has 1 aromatic rings. The maximum absolute atomic E-state index is 14.2. The van der Waals surface area contributed by atoms with Gasteiger partial charge in [-0.2, -0.15) is 0 Å². The molecule has 0 amide bonds. The molecule has 1 unspecified atom stereocenters. The van der Waals surface area contributed by atoms with Crippen molar-refractivity contribution in [3.63, 3.8) is 0 Å². The van der Waals surface area contributed by atoms with Gasteiger partial charge in [0, 0.05) is 12.1 Å². The predicted molar refractivity (Wildman–Crippen MR) is 68.2 cm³/mol. The molecule has 0 bridgehead atoms. The number of benzene rings is 1. The Morgan fingerprint density at radius 1 is 1.33 bits per heavy atom. The summed E-state index contributed by atoms with van der Waals surface area (Å²) in [6.45, 7) is 1.71. The standard InChI is InChI=1S/C14H20FNO2/c1-16-9-4-7-14(17,8-10-16)11-5-3-6-12(18-2)13(11)15/h3,5-6,17H,4,7-10H2,1-2H3. The zero-order valence-corrected chi connectivity index (χ0v) is 10.9. The van der Waals surface area contributed by atoms with E-state index in [0.29, 0.717) is 18.4 Å². The quantitative estimate of drug-likeness (QED) is 0.876. The summed E-state index contributed by atoms with van der Waals surface area (Å²) in [6, 6.07) is 4.96. The Hall–Kier alpha value is -1.13. The van der Waals surface area contributed by atoms with Crippen LogP contribution in [0.15, 0.2) is 18.2 Å². The van der Waals surface area contributed by atoms with Crippen LogP contribution in [0.2, 0.25) is 0 Å². The summed E-state index contributed by atoms with van der Waals surface area (Å²) in [7, 11) is 3.46. The highest BCUT2D eigenvalue weighted by atomic mass is 19.1. The summed E-state index contributed by atoms with van der Waals surface area (Å²) >= 11 is 0. The van der Waals surface area contributed by atoms with Crippen molar-refractivity contribution in [2.24, 2.45) is 0 Å². The number of rotatable bonds is 2. The molecule has 1 heterocycles. The Kier molecular flexibility index (Phi) is 3.88. The molecule has 1 aliphatic heterocycles. The lowest BCUT2D eigenvalue weighted by atomic mass is 9.86. The average molecular weight is 253 g/mol. The van der Waals surface area contributed by atoms with Crippen molar-refractivity contribution in [2.75, 3.05) is 27.2 Å². The minimum atomic E-state index is -1.08. The van der Waals surface area contributed by atoms with Gasteiger partial charge in [0.15, 0.2) is 11.6 Å². The number of nitrogens with zero attached hydrogens (tertiary/aromatic N) is 1. The van der Waals surface area contributed by atoms with Crippen LogP contribution in [-0.4, -0.2) is 37.3 Å². The van der Waals surface area contributed by atoms with Crippen LogP contribution < -0.4 is 4.74 Å². The highest BCUT2D eigenvalue weighted by Gasteiger charge is 2.34. The van der Waals surface area contributed by atoms with Gasteiger partial charge in [-0.1, -0.05) is 12.1 Å². The van der Waals surface area contributed by atoms with Crippen LogP contribution in [0.4, 0.5) is 4.39 Å². The number of halogens is 1. The maximum atomic E-state index is 14.2. The maximum Gasteiger partial charge on any atom is 0.171 e. The normalized spacial score (nSPS) is 25.8. The lowest BCUT2D eigenvalue weighted by Crippen LogP contribution is -2.29. The zero-order chi connectivity index (χ0) is 13.2. The second kappa shape index (κ2) is 5.24. The highest BCUT2D eigenvalue weighted by molar-refractivity contribution is 5.34. The van der Waals surface area contributed by atoms with E-state index in [2.05, 4.69) is 4.90 Å². The van der Waals surface area contributed by atoms with Crippen LogP contribution in [0.5, 0.6) is 5.75 Å². The fourth-order valence-corrected chi connectivity index (χ4v) is 2.55. The van der Waals surface area contributed by atoms with Crippen molar-refractivity contribution in [1.82, 2.24) is 4.90 Å². The first-order valence-electron chi connectivity index (χ1n) is 6.31. The summed E-state index contributed by atoms with van der Waals surface area (Å²) in [5, 5.41) is 10.7. The number of hydrogen-bond acceptors (Lipinski definition) is 3. The van der Waals surface area contributed by atoms with E-state index in [-0.39, 0.29) is 5.75 Å². The minimum Gasteiger partial charge on any atom is -0.494 e. The van der Waals surface area contributed by atoms with Crippen LogP contribution in [0.3, 0.4) is 0 Å². The SMILES string of the molecule is COc1cccc(C2(O)CCCN(C)CC2)c1F. The summed E-state index contributed by atoms with van der Waals surface area (Å²) in [4.78, 5) is 2.16. The van der Waals surface area contributed by atoms with Gasteiger partial charge in [0.05, 0.1) is 12.7 Å². The molecule has 1 aromatic carbocycles. The lowest BCUT2D eigenvalue weighted by molar-refractivity contribution is 0.0180. The largest absolute Gasteiger partial charge is 0.494 e. The van der Waals surface area contributed by atoms with Crippen LogP contribution in [-0.2, 0) is 5.60 Å². The Labute approximate surface area is 107 Å². The molecule has 1 aliphatic rings. The van der Waals surface area contributed by atoms with Gasteiger partial charge < -0.3 is 14.7 Å². The van der Waals surface area contributed by atoms with E-state index in [0.717, 1.165) is 19.5 Å². The van der Waals surface area contributed by atoms with Crippen molar-refractivity contribution < 1.29 is 14.2 Å². The molecule has 1 fully saturated rings. The molecule has 3 nitrogen and oxygen atoms in total. The summed E-state index contributed by atoms with van der Waals surface area (Å²) < 4.78 is 19.2. The number of ether oxygens (including phenoxy) is 1. The molecular formula is C14H20FNO2. The smallest absolute Gasteiger partial charge is 0.171 e. The van der Waals surface area contributed by atoms with Crippen molar-refractivity contribution in [3.8, 4) is 5.75 Å². The van der Waals surface area contributed by atoms with Gasteiger partial charge in [-0.3, -0.25) is 0 Å². The van der Waals surface area contributed by atoms with Crippen LogP contribution in [0.1, 0.15) is 24.8 Å². The number of methoxy groups -OCH3 is 1. The molecule has 0 radical (unpaired) electrons. The van der Waals surface area contributed by atoms with E-state index in [9.17, 15) is 9.50 Å². The molecule has 18 heavy (non-hydrogen) atoms. The molecular weight excluding hydrogens is 233 g/mol. The molecule has 0 aromatic heterocycles. The van der Waals surface area contributed by atoms with E-state index in [1.54, 1.807) is 18.2 Å². The molecule has 0 spiro atoms. The molecule has 0 aliphatic carbocycles. The van der Waals surface area contributed by atoms with Gasteiger partial charge in [-0.15, -0.1) is 0 Å². The average Bonchev–Trinajstić information content (AvgIpc) is 2.53. The summed E-state index contributed by atoms with van der Waals surface area (Å²) in [6.07, 6.45) is 2.00. The fraction of sp³-hybridized carbons (Fsp3) is 0.571. The van der Waals surface area contributed by atoms with Crippen LogP contribution in [0.25, 0.3) is 0 Å². The molecule has 1 saturated heterocycles. The number of aliphatic hydroxyl groups is 1. The Morgan fingerprint density at radius 3 is 2.83 bits per heavy atom. The monoisotopic (exact) mass is 253 g/mol. The van der Waals surface area contributed by atoms with Crippen LogP contribution >= 0.6 is 0 Å². The highest BCUT2D eigenvalue weighted by Crippen LogP contribution is 2.36. The number of likely N-dealkylation sites (tertiary alicyclic amines) is 1. The second-order valence-electron chi connectivity index (χ2n) is 5.01. The molecule has 1 N–H and O–H groups in total. The van der Waals surface area contributed by atoms with Gasteiger partial charge in [-0.05, 0) is 38.9 Å². The first-order valence-corrected chi connectivity index (χ1v) is 6.31. The fourth-order valence-electron chi connectivity index (χ4n) is 2.55. The first-order chi connectivity index (χ1) is 8.57. The van der Waals surface area contributed by atoms with Gasteiger partial charge in [0.1, 0.15) is 0 Å². The third-order valence-electron chi connectivity index (χ3n) is 3.72. The summed E-state index contributed by atoms with van der Waals surface area (Å²) in [5.74, 6) is -0.245. The minimum absolute atomic E-state index is 0.193. The molecule has 4 heteroatoms. The van der Waals surface area contributed by atoms with Gasteiger partial charge in [0.25, 0.3) is 0 Å². The van der Waals surface area contributed by atoms with E-state index in [1.807, 2.05) is 7.05 Å². The first kappa shape index (κ1) is 13.3. The van der Waals surface area contributed by atoms with Crippen molar-refractivity contribution in [2.45, 2.75) is 24.9 Å². The third-order valence-corrected chi connectivity index (χ3v) is 3.72. The van der Waals surface area contributed by atoms with Crippen LogP contribution in [0, 0.1) is 5.82 Å².